The first-order valence-corrected chi connectivity index (χ1v) is 31.7. The SMILES string of the molecule is NC(N)=NCCC[C@@H](N)C(=O)N[C@@H](CCCN=C(N)N)C(=O)N1C[C@H](O)C[C@H]1C(=O)N1CCC[C@H]1C(=O)NCC(=O)N[C@@H](Cc1ccccc1)C(=O)N[C@@H](CO)C(=O)N1Cc2ccccc2C[C@@H]1C(=O)N1[C@H](C(=O)N[C@@H](CCCN=C(N)N)C(=O)O)C[C@@H]2CCCC[C@@H]21. The van der Waals surface area contributed by atoms with Gasteiger partial charge in [-0.25, -0.2) is 4.79 Å². The maximum atomic E-state index is 15.4. The number of carboxylic acids is 1. The number of nitrogens with one attached hydrogen (secondary N) is 5. The molecule has 0 aromatic heterocycles. The zero-order valence-corrected chi connectivity index (χ0v) is 52.2. The minimum atomic E-state index is -1.67. The van der Waals surface area contributed by atoms with E-state index in [0.717, 1.165) is 24.8 Å². The first-order chi connectivity index (χ1) is 44.4. The van der Waals surface area contributed by atoms with Gasteiger partial charge in [0.2, 0.25) is 53.2 Å². The van der Waals surface area contributed by atoms with Gasteiger partial charge in [0, 0.05) is 64.6 Å². The zero-order chi connectivity index (χ0) is 67.5. The predicted molar refractivity (Wildman–Crippen MR) is 340 cm³/mol. The molecule has 2 aromatic rings. The van der Waals surface area contributed by atoms with Crippen LogP contribution in [0.5, 0.6) is 0 Å². The number of nitrogens with zero attached hydrogens (tertiary/aromatic N) is 7. The fourth-order valence-corrected chi connectivity index (χ4v) is 13.1. The number of aliphatic imine (C=N–C) groups is 3. The molecule has 1 aliphatic carbocycles. The van der Waals surface area contributed by atoms with E-state index in [0.29, 0.717) is 30.4 Å². The summed E-state index contributed by atoms with van der Waals surface area (Å²) < 4.78 is 0. The van der Waals surface area contributed by atoms with Crippen molar-refractivity contribution in [1.29, 1.82) is 0 Å². The van der Waals surface area contributed by atoms with Gasteiger partial charge in [-0.05, 0) is 93.2 Å². The van der Waals surface area contributed by atoms with Crippen molar-refractivity contribution in [2.24, 2.45) is 61.0 Å². The molecule has 4 heterocycles. The number of aliphatic carboxylic acids is 1. The molecule has 0 radical (unpaired) electrons. The van der Waals surface area contributed by atoms with Crippen LogP contribution in [0.3, 0.4) is 0 Å². The van der Waals surface area contributed by atoms with E-state index >= 15 is 9.59 Å². The second-order valence-electron chi connectivity index (χ2n) is 24.3. The van der Waals surface area contributed by atoms with E-state index in [2.05, 4.69) is 41.6 Å². The van der Waals surface area contributed by atoms with Crippen LogP contribution in [0, 0.1) is 5.92 Å². The molecule has 4 fully saturated rings. The van der Waals surface area contributed by atoms with Crippen LogP contribution in [0.4, 0.5) is 0 Å². The number of carboxylic acid groups (broad SMARTS) is 1. The number of hydrogen-bond acceptors (Lipinski definition) is 16. The Morgan fingerprint density at radius 2 is 1.18 bits per heavy atom. The predicted octanol–water partition coefficient (Wildman–Crippen LogP) is -5.08. The molecule has 93 heavy (non-hydrogen) atoms. The number of rotatable bonds is 30. The number of likely N-dealkylation sites (tertiary alicyclic amines) is 3. The molecule has 0 bridgehead atoms. The monoisotopic (exact) mass is 1300 g/mol. The summed E-state index contributed by atoms with van der Waals surface area (Å²) in [5, 5.41) is 45.1. The number of hydrogen-bond donors (Lipinski definition) is 15. The lowest BCUT2D eigenvalue weighted by molar-refractivity contribution is -0.153. The van der Waals surface area contributed by atoms with Crippen LogP contribution in [0.25, 0.3) is 0 Å². The summed E-state index contributed by atoms with van der Waals surface area (Å²) in [7, 11) is 0. The van der Waals surface area contributed by atoms with Gasteiger partial charge in [0.1, 0.15) is 48.3 Å². The topological polar surface area (TPSA) is 524 Å². The molecular weight excluding hydrogens is 1210 g/mol. The summed E-state index contributed by atoms with van der Waals surface area (Å²) in [4.78, 5) is 159. The highest BCUT2D eigenvalue weighted by Gasteiger charge is 2.52. The van der Waals surface area contributed by atoms with Crippen molar-refractivity contribution in [3.8, 4) is 0 Å². The van der Waals surface area contributed by atoms with Gasteiger partial charge in [-0.1, -0.05) is 67.4 Å². The standard InChI is InChI=1S/C61H91N19O13/c62-39(17-8-22-69-59(63)64)50(84)74-40(18-9-23-70-60(65)66)54(88)79-32-38(82)29-48(79)56(90)77-25-11-21-45(77)52(86)72-30-49(83)73-42(26-34-12-2-1-3-13-34)51(85)76-43(33-81)55(89)78-31-37-16-5-4-14-35(37)27-47(78)57(91)80-44-20-7-6-15-36(44)28-46(80)53(87)75-41(58(92)93)19-10-24-71-61(67)68/h1-5,12-14,16,36,38-48,81-82H,6-11,15,17-33,62H2,(H,72,86)(H,73,83)(H,74,84)(H,75,87)(H,76,85)(H,92,93)(H4,63,64,69)(H4,65,66,70)(H4,67,68,71)/t36-,38+,39+,40-,41-,42-,43-,44-,45-,46-,47+,48-/m0/s1. The Morgan fingerprint density at radius 1 is 0.581 bits per heavy atom. The van der Waals surface area contributed by atoms with Gasteiger partial charge in [0.25, 0.3) is 0 Å². The maximum Gasteiger partial charge on any atom is 0.326 e. The van der Waals surface area contributed by atoms with Crippen LogP contribution in [0.1, 0.15) is 107 Å². The molecule has 12 atom stereocenters. The van der Waals surface area contributed by atoms with E-state index in [1.165, 1.54) is 19.6 Å². The average Bonchev–Trinajstić information content (AvgIpc) is 1.73. The van der Waals surface area contributed by atoms with Crippen molar-refractivity contribution in [1.82, 2.24) is 46.2 Å². The summed E-state index contributed by atoms with van der Waals surface area (Å²) in [6, 6.07) is 3.99. The van der Waals surface area contributed by atoms with E-state index in [-0.39, 0.29) is 127 Å². The number of carbonyl (C=O) groups excluding carboxylic acids is 9. The molecule has 22 N–H and O–H groups in total. The number of nitrogens with two attached hydrogens (primary N) is 7. The highest BCUT2D eigenvalue weighted by Crippen LogP contribution is 2.41. The highest BCUT2D eigenvalue weighted by atomic mass is 16.4. The van der Waals surface area contributed by atoms with Crippen LogP contribution in [-0.4, -0.2) is 224 Å². The van der Waals surface area contributed by atoms with Gasteiger partial charge in [0.05, 0.1) is 25.3 Å². The van der Waals surface area contributed by atoms with Crippen LogP contribution >= 0.6 is 0 Å². The average molecular weight is 1300 g/mol. The smallest absolute Gasteiger partial charge is 0.326 e. The van der Waals surface area contributed by atoms with Crippen molar-refractivity contribution in [2.45, 2.75) is 176 Å². The van der Waals surface area contributed by atoms with Crippen molar-refractivity contribution in [3.63, 3.8) is 0 Å². The van der Waals surface area contributed by atoms with Gasteiger partial charge in [0.15, 0.2) is 17.9 Å². The Morgan fingerprint density at radius 3 is 1.83 bits per heavy atom. The molecule has 0 unspecified atom stereocenters. The second kappa shape index (κ2) is 33.9. The zero-order valence-electron chi connectivity index (χ0n) is 52.2. The third-order valence-electron chi connectivity index (χ3n) is 17.7. The fourth-order valence-electron chi connectivity index (χ4n) is 13.1. The van der Waals surface area contributed by atoms with Crippen molar-refractivity contribution in [2.75, 3.05) is 45.9 Å². The summed E-state index contributed by atoms with van der Waals surface area (Å²) in [5.74, 6) is -8.37. The molecular formula is C61H91N19O13. The summed E-state index contributed by atoms with van der Waals surface area (Å²) in [6.07, 6.45) is 3.28. The molecule has 2 aromatic carbocycles. The minimum Gasteiger partial charge on any atom is -0.480 e. The Labute approximate surface area is 538 Å². The second-order valence-corrected chi connectivity index (χ2v) is 24.3. The molecule has 7 rings (SSSR count). The number of benzene rings is 2. The van der Waals surface area contributed by atoms with E-state index < -0.39 is 139 Å². The third-order valence-corrected chi connectivity index (χ3v) is 17.7. The molecule has 9 amide bonds. The lowest BCUT2D eigenvalue weighted by Gasteiger charge is -2.42. The van der Waals surface area contributed by atoms with Gasteiger partial charge in [-0.3, -0.25) is 58.1 Å². The quantitative estimate of drug-likeness (QED) is 0.0198. The minimum absolute atomic E-state index is 0.000199. The Bertz CT molecular complexity index is 3090. The van der Waals surface area contributed by atoms with Crippen LogP contribution in [-0.2, 0) is 67.3 Å². The molecule has 508 valence electrons. The van der Waals surface area contributed by atoms with E-state index in [4.69, 9.17) is 40.1 Å². The van der Waals surface area contributed by atoms with Gasteiger partial charge >= 0.3 is 5.97 Å². The molecule has 5 aliphatic rings. The fraction of sp³-hybridized carbons (Fsp3) is 0.590. The van der Waals surface area contributed by atoms with Crippen molar-refractivity contribution >= 4 is 77.0 Å². The molecule has 32 heteroatoms. The van der Waals surface area contributed by atoms with Crippen LogP contribution in [0.15, 0.2) is 69.6 Å². The number of carbonyl (C=O) groups is 10. The normalized spacial score (nSPS) is 22.2. The van der Waals surface area contributed by atoms with Gasteiger partial charge < -0.3 is 102 Å². The number of amides is 9. The van der Waals surface area contributed by atoms with E-state index in [1.807, 2.05) is 6.07 Å². The molecule has 4 aliphatic heterocycles. The summed E-state index contributed by atoms with van der Waals surface area (Å²) >= 11 is 0. The largest absolute Gasteiger partial charge is 0.480 e. The summed E-state index contributed by atoms with van der Waals surface area (Å²) in [5.41, 5.74) is 40.9. The van der Waals surface area contributed by atoms with Gasteiger partial charge in [-0.15, -0.1) is 0 Å². The molecule has 3 saturated heterocycles. The Balaban J connectivity index is 1.03. The van der Waals surface area contributed by atoms with Crippen LogP contribution < -0.4 is 66.7 Å². The maximum absolute atomic E-state index is 15.4. The van der Waals surface area contributed by atoms with E-state index in [9.17, 15) is 53.7 Å². The first-order valence-electron chi connectivity index (χ1n) is 31.7. The van der Waals surface area contributed by atoms with E-state index in [1.54, 1.807) is 48.5 Å². The molecule has 0 spiro atoms. The van der Waals surface area contributed by atoms with Crippen molar-refractivity contribution in [3.05, 3.63) is 71.3 Å². The molecule has 32 nitrogen and oxygen atoms in total. The van der Waals surface area contributed by atoms with Crippen LogP contribution in [0.2, 0.25) is 0 Å². The number of β-amino-alcohol motifs (C(OH)–C–C–N with tert-alkyl or cyclic N) is 1. The Hall–Kier alpha value is -9.17. The van der Waals surface area contributed by atoms with Crippen molar-refractivity contribution < 1.29 is 63.3 Å². The summed E-state index contributed by atoms with van der Waals surface area (Å²) in [6.45, 7) is -1.49. The number of guanidine groups is 3. The number of aliphatic hydroxyl groups is 2. The molecule has 1 saturated carbocycles. The lowest BCUT2D eigenvalue weighted by Crippen LogP contribution is -2.63. The number of fused-ring (bicyclic) bond motifs is 2. The first kappa shape index (κ1) is 71.3. The van der Waals surface area contributed by atoms with Gasteiger partial charge in [-0.2, -0.15) is 0 Å². The Kier molecular flexibility index (Phi) is 26.0. The highest BCUT2D eigenvalue weighted by molar-refractivity contribution is 5.99. The third kappa shape index (κ3) is 19.4. The lowest BCUT2D eigenvalue weighted by atomic mass is 9.84. The number of aliphatic hydroxyl groups excluding tert-OH is 2.